The summed E-state index contributed by atoms with van der Waals surface area (Å²) < 4.78 is 7.65. The van der Waals surface area contributed by atoms with Crippen molar-refractivity contribution in [1.29, 1.82) is 0 Å². The average Bonchev–Trinajstić information content (AvgIpc) is 3.08. The summed E-state index contributed by atoms with van der Waals surface area (Å²) in [6.45, 7) is 7.63. The maximum Gasteiger partial charge on any atom is 0.275 e. The third-order valence-corrected chi connectivity index (χ3v) is 4.49. The van der Waals surface area contributed by atoms with E-state index in [2.05, 4.69) is 20.3 Å². The van der Waals surface area contributed by atoms with Crippen molar-refractivity contribution >= 4 is 5.91 Å². The molecule has 1 N–H and O–H groups in total. The molecule has 0 saturated carbocycles. The van der Waals surface area contributed by atoms with E-state index in [0.717, 1.165) is 22.9 Å². The third kappa shape index (κ3) is 2.33. The van der Waals surface area contributed by atoms with Gasteiger partial charge in [0.1, 0.15) is 11.6 Å². The highest BCUT2D eigenvalue weighted by molar-refractivity contribution is 5.94. The van der Waals surface area contributed by atoms with Crippen molar-refractivity contribution in [2.45, 2.75) is 52.5 Å². The molecule has 8 heteroatoms. The third-order valence-electron chi connectivity index (χ3n) is 4.49. The summed E-state index contributed by atoms with van der Waals surface area (Å²) in [5.41, 5.74) is 2.43. The van der Waals surface area contributed by atoms with Crippen LogP contribution >= 0.6 is 0 Å². The number of ether oxygens (including phenoxy) is 1. The van der Waals surface area contributed by atoms with E-state index in [9.17, 15) is 4.79 Å². The smallest absolute Gasteiger partial charge is 0.275 e. The number of carbonyl (C=O) groups excluding carboxylic acids is 1. The Labute approximate surface area is 133 Å². The SMILES string of the molecule is Cc1nc2n(n1)CCN(C(=O)c1n[nH]c3c1C[C@@H](C)O[C@H]3C)C2. The lowest BCUT2D eigenvalue weighted by atomic mass is 9.99. The summed E-state index contributed by atoms with van der Waals surface area (Å²) in [6.07, 6.45) is 0.740. The van der Waals surface area contributed by atoms with Crippen molar-refractivity contribution in [2.24, 2.45) is 0 Å². The molecule has 122 valence electrons. The summed E-state index contributed by atoms with van der Waals surface area (Å²) in [5, 5.41) is 11.6. The number of H-pyrrole nitrogens is 1. The molecule has 23 heavy (non-hydrogen) atoms. The molecule has 2 aliphatic heterocycles. The number of hydrogen-bond acceptors (Lipinski definition) is 5. The lowest BCUT2D eigenvalue weighted by Gasteiger charge is -2.28. The monoisotopic (exact) mass is 316 g/mol. The predicted molar refractivity (Wildman–Crippen MR) is 80.8 cm³/mol. The van der Waals surface area contributed by atoms with Crippen LogP contribution in [-0.4, -0.2) is 48.4 Å². The van der Waals surface area contributed by atoms with E-state index in [-0.39, 0.29) is 18.1 Å². The van der Waals surface area contributed by atoms with Crippen LogP contribution in [0.5, 0.6) is 0 Å². The zero-order chi connectivity index (χ0) is 16.1. The molecule has 0 radical (unpaired) electrons. The number of carbonyl (C=O) groups is 1. The Morgan fingerprint density at radius 3 is 3.00 bits per heavy atom. The van der Waals surface area contributed by atoms with E-state index >= 15 is 0 Å². The molecule has 0 bridgehead atoms. The van der Waals surface area contributed by atoms with Crippen LogP contribution in [0.25, 0.3) is 0 Å². The molecule has 0 spiro atoms. The van der Waals surface area contributed by atoms with Gasteiger partial charge in [0.15, 0.2) is 5.69 Å². The number of aromatic nitrogens is 5. The van der Waals surface area contributed by atoms with Crippen LogP contribution < -0.4 is 0 Å². The van der Waals surface area contributed by atoms with Gasteiger partial charge in [0.05, 0.1) is 31.0 Å². The molecule has 4 heterocycles. The van der Waals surface area contributed by atoms with E-state index < -0.39 is 0 Å². The Bertz CT molecular complexity index is 764. The summed E-state index contributed by atoms with van der Waals surface area (Å²) in [6, 6.07) is 0. The van der Waals surface area contributed by atoms with Crippen LogP contribution in [-0.2, 0) is 24.2 Å². The lowest BCUT2D eigenvalue weighted by molar-refractivity contribution is -0.00703. The average molecular weight is 316 g/mol. The van der Waals surface area contributed by atoms with Crippen molar-refractivity contribution in [3.8, 4) is 0 Å². The number of aromatic amines is 1. The second-order valence-electron chi connectivity index (χ2n) is 6.28. The van der Waals surface area contributed by atoms with Gasteiger partial charge in [-0.3, -0.25) is 9.89 Å². The molecule has 8 nitrogen and oxygen atoms in total. The number of amides is 1. The van der Waals surface area contributed by atoms with Gasteiger partial charge in [0.2, 0.25) is 0 Å². The van der Waals surface area contributed by atoms with E-state index in [1.807, 2.05) is 25.5 Å². The van der Waals surface area contributed by atoms with E-state index in [4.69, 9.17) is 4.74 Å². The zero-order valence-electron chi connectivity index (χ0n) is 13.5. The van der Waals surface area contributed by atoms with Gasteiger partial charge >= 0.3 is 0 Å². The first-order valence-corrected chi connectivity index (χ1v) is 7.95. The summed E-state index contributed by atoms with van der Waals surface area (Å²) >= 11 is 0. The van der Waals surface area contributed by atoms with E-state index in [1.165, 1.54) is 0 Å². The van der Waals surface area contributed by atoms with Crippen LogP contribution in [0.3, 0.4) is 0 Å². The quantitative estimate of drug-likeness (QED) is 0.847. The minimum absolute atomic E-state index is 0.0456. The molecule has 2 aromatic heterocycles. The number of rotatable bonds is 1. The molecule has 1 amide bonds. The Morgan fingerprint density at radius 2 is 2.17 bits per heavy atom. The Hall–Kier alpha value is -2.22. The standard InChI is InChI=1S/C15H20N6O2/c1-8-6-11-13(9(2)23-8)17-18-14(11)15(22)20-4-5-21-12(7-20)16-10(3)19-21/h8-9H,4-7H2,1-3H3,(H,17,18)/t8-,9+/m1/s1. The van der Waals surface area contributed by atoms with Crippen molar-refractivity contribution in [3.05, 3.63) is 28.6 Å². The van der Waals surface area contributed by atoms with Crippen LogP contribution in [0, 0.1) is 6.92 Å². The highest BCUT2D eigenvalue weighted by Gasteiger charge is 2.32. The lowest BCUT2D eigenvalue weighted by Crippen LogP contribution is -2.39. The van der Waals surface area contributed by atoms with E-state index in [0.29, 0.717) is 31.7 Å². The Balaban J connectivity index is 1.61. The highest BCUT2D eigenvalue weighted by atomic mass is 16.5. The van der Waals surface area contributed by atoms with Crippen LogP contribution in [0.15, 0.2) is 0 Å². The molecule has 2 aromatic rings. The number of nitrogens with one attached hydrogen (secondary N) is 1. The molecular weight excluding hydrogens is 296 g/mol. The first kappa shape index (κ1) is 14.4. The number of fused-ring (bicyclic) bond motifs is 2. The van der Waals surface area contributed by atoms with Crippen LogP contribution in [0.4, 0.5) is 0 Å². The summed E-state index contributed by atoms with van der Waals surface area (Å²) in [5.74, 6) is 1.53. The minimum Gasteiger partial charge on any atom is -0.369 e. The van der Waals surface area contributed by atoms with E-state index in [1.54, 1.807) is 4.90 Å². The molecule has 0 unspecified atom stereocenters. The zero-order valence-corrected chi connectivity index (χ0v) is 13.5. The van der Waals surface area contributed by atoms with Gasteiger partial charge in [-0.25, -0.2) is 9.67 Å². The van der Waals surface area contributed by atoms with Crippen molar-refractivity contribution in [1.82, 2.24) is 29.9 Å². The Morgan fingerprint density at radius 1 is 1.35 bits per heavy atom. The van der Waals surface area contributed by atoms with Gasteiger partial charge in [-0.2, -0.15) is 10.2 Å². The van der Waals surface area contributed by atoms with Gasteiger partial charge in [-0.1, -0.05) is 0 Å². The summed E-state index contributed by atoms with van der Waals surface area (Å²) in [4.78, 5) is 19.1. The second kappa shape index (κ2) is 5.16. The maximum absolute atomic E-state index is 12.9. The molecular formula is C15H20N6O2. The molecule has 2 aliphatic rings. The van der Waals surface area contributed by atoms with Gasteiger partial charge in [0, 0.05) is 18.5 Å². The second-order valence-corrected chi connectivity index (χ2v) is 6.28. The number of hydrogen-bond donors (Lipinski definition) is 1. The fourth-order valence-electron chi connectivity index (χ4n) is 3.43. The minimum atomic E-state index is -0.0603. The van der Waals surface area contributed by atoms with Gasteiger partial charge in [0.25, 0.3) is 5.91 Å². The van der Waals surface area contributed by atoms with Gasteiger partial charge < -0.3 is 9.64 Å². The largest absolute Gasteiger partial charge is 0.369 e. The fourth-order valence-corrected chi connectivity index (χ4v) is 3.43. The molecule has 4 rings (SSSR count). The van der Waals surface area contributed by atoms with Crippen LogP contribution in [0.1, 0.15) is 53.3 Å². The van der Waals surface area contributed by atoms with Crippen molar-refractivity contribution < 1.29 is 9.53 Å². The number of nitrogens with zero attached hydrogens (tertiary/aromatic N) is 5. The number of aryl methyl sites for hydroxylation is 1. The molecule has 0 aliphatic carbocycles. The molecule has 0 saturated heterocycles. The topological polar surface area (TPSA) is 88.9 Å². The predicted octanol–water partition coefficient (Wildman–Crippen LogP) is 0.988. The molecule has 0 aromatic carbocycles. The highest BCUT2D eigenvalue weighted by Crippen LogP contribution is 2.30. The first-order valence-electron chi connectivity index (χ1n) is 7.95. The Kier molecular flexibility index (Phi) is 3.22. The molecule has 0 fully saturated rings. The van der Waals surface area contributed by atoms with Gasteiger partial charge in [-0.15, -0.1) is 0 Å². The first-order chi connectivity index (χ1) is 11.0. The summed E-state index contributed by atoms with van der Waals surface area (Å²) in [7, 11) is 0. The fraction of sp³-hybridized carbons (Fsp3) is 0.600. The maximum atomic E-state index is 12.9. The van der Waals surface area contributed by atoms with Gasteiger partial charge in [-0.05, 0) is 20.8 Å². The van der Waals surface area contributed by atoms with Crippen LogP contribution in [0.2, 0.25) is 0 Å². The van der Waals surface area contributed by atoms with Crippen molar-refractivity contribution in [2.75, 3.05) is 6.54 Å². The molecule has 2 atom stereocenters. The normalized spacial score (nSPS) is 23.5. The van der Waals surface area contributed by atoms with Crippen molar-refractivity contribution in [3.63, 3.8) is 0 Å².